The van der Waals surface area contributed by atoms with Crippen molar-refractivity contribution >= 4 is 6.21 Å². The van der Waals surface area contributed by atoms with Crippen LogP contribution in [0.3, 0.4) is 0 Å². The van der Waals surface area contributed by atoms with Gasteiger partial charge in [0.15, 0.2) is 0 Å². The van der Waals surface area contributed by atoms with Crippen LogP contribution in [0, 0.1) is 0 Å². The van der Waals surface area contributed by atoms with Gasteiger partial charge in [-0.05, 0) is 12.5 Å². The Labute approximate surface area is 55.9 Å². The molecule has 1 rings (SSSR count). The predicted molar refractivity (Wildman–Crippen MR) is 39.5 cm³/mol. The second kappa shape index (κ2) is 2.67. The first-order valence-electron chi connectivity index (χ1n) is 3.26. The van der Waals surface area contributed by atoms with Crippen molar-refractivity contribution in [3.8, 4) is 0 Å². The molecular formula is C7H12N2. The van der Waals surface area contributed by atoms with Crippen molar-refractivity contribution in [1.82, 2.24) is 4.90 Å². The Hall–Kier alpha value is -0.790. The topological polar surface area (TPSA) is 15.6 Å². The van der Waals surface area contributed by atoms with Gasteiger partial charge in [0.25, 0.3) is 0 Å². The summed E-state index contributed by atoms with van der Waals surface area (Å²) in [6.45, 7) is 2.14. The Balaban J connectivity index is 2.55. The molecule has 1 unspecified atom stereocenters. The Morgan fingerprint density at radius 3 is 2.89 bits per heavy atom. The van der Waals surface area contributed by atoms with Gasteiger partial charge in [0.1, 0.15) is 6.17 Å². The quantitative estimate of drug-likeness (QED) is 0.513. The van der Waals surface area contributed by atoms with E-state index in [1.165, 1.54) is 0 Å². The minimum Gasteiger partial charge on any atom is -0.359 e. The third kappa shape index (κ3) is 1.31. The third-order valence-corrected chi connectivity index (χ3v) is 1.50. The van der Waals surface area contributed by atoms with Crippen LogP contribution in [0.5, 0.6) is 0 Å². The molecule has 1 aliphatic heterocycles. The van der Waals surface area contributed by atoms with E-state index in [-0.39, 0.29) is 0 Å². The van der Waals surface area contributed by atoms with E-state index in [1.807, 2.05) is 25.5 Å². The second-order valence-electron chi connectivity index (χ2n) is 2.19. The van der Waals surface area contributed by atoms with Gasteiger partial charge in [0.2, 0.25) is 0 Å². The molecule has 0 N–H and O–H groups in total. The summed E-state index contributed by atoms with van der Waals surface area (Å²) in [5.41, 5.74) is 0. The summed E-state index contributed by atoms with van der Waals surface area (Å²) in [5.74, 6) is 0. The zero-order valence-corrected chi connectivity index (χ0v) is 5.91. The van der Waals surface area contributed by atoms with Crippen LogP contribution in [0.15, 0.2) is 17.3 Å². The molecule has 0 spiro atoms. The maximum Gasteiger partial charge on any atom is 0.120 e. The third-order valence-electron chi connectivity index (χ3n) is 1.50. The highest BCUT2D eigenvalue weighted by atomic mass is 15.2. The van der Waals surface area contributed by atoms with Crippen LogP contribution >= 0.6 is 0 Å². The van der Waals surface area contributed by atoms with Gasteiger partial charge >= 0.3 is 0 Å². The SMILES string of the molecule is CCC1N=CC=CN1C. The molecule has 0 saturated carbocycles. The minimum atomic E-state index is 0.370. The molecule has 2 heteroatoms. The zero-order chi connectivity index (χ0) is 6.69. The average Bonchev–Trinajstić information content (AvgIpc) is 1.89. The maximum atomic E-state index is 4.24. The van der Waals surface area contributed by atoms with E-state index >= 15 is 0 Å². The maximum absolute atomic E-state index is 4.24. The lowest BCUT2D eigenvalue weighted by molar-refractivity contribution is 0.328. The summed E-state index contributed by atoms with van der Waals surface area (Å²) < 4.78 is 0. The smallest absolute Gasteiger partial charge is 0.120 e. The minimum absolute atomic E-state index is 0.370. The molecule has 0 aliphatic carbocycles. The first kappa shape index (κ1) is 6.33. The van der Waals surface area contributed by atoms with Crippen LogP contribution in [-0.4, -0.2) is 24.3 Å². The van der Waals surface area contributed by atoms with Gasteiger partial charge in [0.05, 0.1) is 0 Å². The highest BCUT2D eigenvalue weighted by molar-refractivity contribution is 5.71. The summed E-state index contributed by atoms with van der Waals surface area (Å²) >= 11 is 0. The first-order chi connectivity index (χ1) is 4.34. The van der Waals surface area contributed by atoms with Gasteiger partial charge in [-0.25, -0.2) is 0 Å². The van der Waals surface area contributed by atoms with Gasteiger partial charge in [0, 0.05) is 19.5 Å². The highest BCUT2D eigenvalue weighted by Crippen LogP contribution is 2.05. The molecule has 2 nitrogen and oxygen atoms in total. The van der Waals surface area contributed by atoms with Crippen LogP contribution < -0.4 is 0 Å². The molecule has 0 radical (unpaired) electrons. The van der Waals surface area contributed by atoms with Crippen LogP contribution in [0.1, 0.15) is 13.3 Å². The highest BCUT2D eigenvalue weighted by Gasteiger charge is 2.06. The standard InChI is InChI=1S/C7H12N2/c1-3-7-8-5-4-6-9(7)2/h4-7H,3H2,1-2H3. The van der Waals surface area contributed by atoms with E-state index in [0.29, 0.717) is 6.17 Å². The Bertz CT molecular complexity index is 138. The fourth-order valence-electron chi connectivity index (χ4n) is 0.921. The van der Waals surface area contributed by atoms with Gasteiger partial charge < -0.3 is 4.90 Å². The number of nitrogens with zero attached hydrogens (tertiary/aromatic N) is 2. The molecule has 0 bridgehead atoms. The van der Waals surface area contributed by atoms with Gasteiger partial charge in [-0.1, -0.05) is 6.92 Å². The summed E-state index contributed by atoms with van der Waals surface area (Å²) in [6.07, 6.45) is 7.30. The van der Waals surface area contributed by atoms with Crippen molar-refractivity contribution in [2.24, 2.45) is 4.99 Å². The molecule has 0 saturated heterocycles. The predicted octanol–water partition coefficient (Wildman–Crippen LogP) is 1.25. The van der Waals surface area contributed by atoms with Crippen molar-refractivity contribution in [3.63, 3.8) is 0 Å². The van der Waals surface area contributed by atoms with E-state index in [9.17, 15) is 0 Å². The molecule has 0 amide bonds. The molecular weight excluding hydrogens is 112 g/mol. The normalized spacial score (nSPS) is 25.1. The molecule has 50 valence electrons. The Morgan fingerprint density at radius 2 is 2.44 bits per heavy atom. The van der Waals surface area contributed by atoms with Crippen LogP contribution in [0.2, 0.25) is 0 Å². The molecule has 0 aromatic rings. The van der Waals surface area contributed by atoms with Gasteiger partial charge in [-0.15, -0.1) is 0 Å². The van der Waals surface area contributed by atoms with Crippen molar-refractivity contribution in [3.05, 3.63) is 12.3 Å². The van der Waals surface area contributed by atoms with E-state index in [0.717, 1.165) is 6.42 Å². The second-order valence-corrected chi connectivity index (χ2v) is 2.19. The van der Waals surface area contributed by atoms with Gasteiger partial charge in [-0.3, -0.25) is 4.99 Å². The monoisotopic (exact) mass is 124 g/mol. The molecule has 0 aromatic heterocycles. The summed E-state index contributed by atoms with van der Waals surface area (Å²) in [4.78, 5) is 6.35. The van der Waals surface area contributed by atoms with Crippen LogP contribution in [0.4, 0.5) is 0 Å². The van der Waals surface area contributed by atoms with E-state index in [4.69, 9.17) is 0 Å². The largest absolute Gasteiger partial charge is 0.359 e. The number of hydrogen-bond acceptors (Lipinski definition) is 2. The van der Waals surface area contributed by atoms with Crippen LogP contribution in [0.25, 0.3) is 0 Å². The van der Waals surface area contributed by atoms with E-state index < -0.39 is 0 Å². The zero-order valence-electron chi connectivity index (χ0n) is 5.91. The number of hydrogen-bond donors (Lipinski definition) is 0. The van der Waals surface area contributed by atoms with Crippen molar-refractivity contribution < 1.29 is 0 Å². The fourth-order valence-corrected chi connectivity index (χ4v) is 0.921. The molecule has 9 heavy (non-hydrogen) atoms. The lowest BCUT2D eigenvalue weighted by atomic mass is 10.3. The summed E-state index contributed by atoms with van der Waals surface area (Å²) in [7, 11) is 2.04. The number of rotatable bonds is 1. The molecule has 1 aliphatic rings. The van der Waals surface area contributed by atoms with Gasteiger partial charge in [-0.2, -0.15) is 0 Å². The molecule has 0 fully saturated rings. The lowest BCUT2D eigenvalue weighted by Crippen LogP contribution is -2.26. The van der Waals surface area contributed by atoms with Crippen molar-refractivity contribution in [2.75, 3.05) is 7.05 Å². The van der Waals surface area contributed by atoms with Crippen molar-refractivity contribution in [2.45, 2.75) is 19.5 Å². The molecule has 1 heterocycles. The van der Waals surface area contributed by atoms with Crippen LogP contribution in [-0.2, 0) is 0 Å². The fraction of sp³-hybridized carbons (Fsp3) is 0.571. The van der Waals surface area contributed by atoms with E-state index in [1.54, 1.807) is 0 Å². The van der Waals surface area contributed by atoms with E-state index in [2.05, 4.69) is 16.8 Å². The summed E-state index contributed by atoms with van der Waals surface area (Å²) in [5, 5.41) is 0. The number of allylic oxidation sites excluding steroid dienone is 1. The Kier molecular flexibility index (Phi) is 1.88. The first-order valence-corrected chi connectivity index (χ1v) is 3.26. The summed E-state index contributed by atoms with van der Waals surface area (Å²) in [6, 6.07) is 0. The number of aliphatic imine (C=N–C) groups is 1. The van der Waals surface area contributed by atoms with Crippen molar-refractivity contribution in [1.29, 1.82) is 0 Å². The average molecular weight is 124 g/mol. The Morgan fingerprint density at radius 1 is 1.67 bits per heavy atom. The molecule has 1 atom stereocenters. The lowest BCUT2D eigenvalue weighted by Gasteiger charge is -2.23. The molecule has 0 aromatic carbocycles.